The molecule has 2 aromatic rings. The topological polar surface area (TPSA) is 37.3 Å². The summed E-state index contributed by atoms with van der Waals surface area (Å²) < 4.78 is 0. The molecule has 1 aliphatic rings. The third kappa shape index (κ3) is 1.93. The van der Waals surface area contributed by atoms with Crippen molar-refractivity contribution in [2.45, 2.75) is 25.7 Å². The molecule has 0 heterocycles. The van der Waals surface area contributed by atoms with Crippen LogP contribution in [0.5, 0.6) is 5.75 Å². The van der Waals surface area contributed by atoms with Crippen LogP contribution in [0, 0.1) is 0 Å². The Morgan fingerprint density at radius 1 is 1.16 bits per heavy atom. The summed E-state index contributed by atoms with van der Waals surface area (Å²) in [5.41, 5.74) is 5.61. The SMILES string of the molecule is CC1CCc2c(C=O)ccc(-c3ccc(O)cc3)c21. The minimum absolute atomic E-state index is 0.276. The van der Waals surface area contributed by atoms with Crippen LogP contribution in [0.4, 0.5) is 0 Å². The van der Waals surface area contributed by atoms with Gasteiger partial charge in [0, 0.05) is 5.56 Å². The summed E-state index contributed by atoms with van der Waals surface area (Å²) in [6, 6.07) is 11.2. The van der Waals surface area contributed by atoms with Crippen molar-refractivity contribution in [1.29, 1.82) is 0 Å². The Bertz CT molecular complexity index is 626. The molecule has 1 aliphatic carbocycles. The average molecular weight is 252 g/mol. The highest BCUT2D eigenvalue weighted by Gasteiger charge is 2.24. The minimum Gasteiger partial charge on any atom is -0.508 e. The van der Waals surface area contributed by atoms with Gasteiger partial charge in [0.2, 0.25) is 0 Å². The number of phenols is 1. The Kier molecular flexibility index (Phi) is 2.86. The largest absolute Gasteiger partial charge is 0.508 e. The molecule has 0 fully saturated rings. The molecule has 0 aromatic heterocycles. The maximum absolute atomic E-state index is 11.1. The van der Waals surface area contributed by atoms with Gasteiger partial charge < -0.3 is 5.11 Å². The molecule has 19 heavy (non-hydrogen) atoms. The van der Waals surface area contributed by atoms with E-state index in [1.54, 1.807) is 12.1 Å². The van der Waals surface area contributed by atoms with Crippen molar-refractivity contribution in [3.05, 3.63) is 53.1 Å². The fourth-order valence-corrected chi connectivity index (χ4v) is 3.03. The number of rotatable bonds is 2. The monoisotopic (exact) mass is 252 g/mol. The summed E-state index contributed by atoms with van der Waals surface area (Å²) >= 11 is 0. The lowest BCUT2D eigenvalue weighted by Gasteiger charge is -2.14. The molecule has 1 N–H and O–H groups in total. The molecule has 96 valence electrons. The van der Waals surface area contributed by atoms with Crippen molar-refractivity contribution in [3.63, 3.8) is 0 Å². The molecule has 0 radical (unpaired) electrons. The third-order valence-corrected chi connectivity index (χ3v) is 4.02. The first kappa shape index (κ1) is 12.0. The number of benzene rings is 2. The number of phenolic OH excluding ortho intramolecular Hbond substituents is 1. The van der Waals surface area contributed by atoms with E-state index in [1.807, 2.05) is 24.3 Å². The number of carbonyl (C=O) groups is 1. The Hall–Kier alpha value is -2.09. The van der Waals surface area contributed by atoms with Gasteiger partial charge in [0.25, 0.3) is 0 Å². The van der Waals surface area contributed by atoms with Gasteiger partial charge in [-0.15, -0.1) is 0 Å². The van der Waals surface area contributed by atoms with Gasteiger partial charge >= 0.3 is 0 Å². The smallest absolute Gasteiger partial charge is 0.150 e. The molecule has 0 saturated heterocycles. The molecule has 0 spiro atoms. The standard InChI is InChI=1S/C17H16O2/c1-11-2-8-16-13(10-18)5-9-15(17(11)16)12-3-6-14(19)7-4-12/h3-7,9-11,19H,2,8H2,1H3. The zero-order valence-corrected chi connectivity index (χ0v) is 10.9. The normalized spacial score (nSPS) is 17.2. The number of hydrogen-bond donors (Lipinski definition) is 1. The van der Waals surface area contributed by atoms with Crippen LogP contribution < -0.4 is 0 Å². The molecular weight excluding hydrogens is 236 g/mol. The van der Waals surface area contributed by atoms with E-state index in [2.05, 4.69) is 6.92 Å². The van der Waals surface area contributed by atoms with E-state index in [0.29, 0.717) is 5.92 Å². The number of hydrogen-bond acceptors (Lipinski definition) is 2. The van der Waals surface area contributed by atoms with Crippen LogP contribution in [0.1, 0.15) is 40.7 Å². The van der Waals surface area contributed by atoms with Crippen molar-refractivity contribution in [2.75, 3.05) is 0 Å². The summed E-state index contributed by atoms with van der Waals surface area (Å²) in [6.45, 7) is 2.21. The fraction of sp³-hybridized carbons (Fsp3) is 0.235. The quantitative estimate of drug-likeness (QED) is 0.822. The molecule has 0 amide bonds. The van der Waals surface area contributed by atoms with Gasteiger partial charge in [-0.05, 0) is 53.1 Å². The number of aldehydes is 1. The second kappa shape index (κ2) is 4.54. The van der Waals surface area contributed by atoms with Gasteiger partial charge in [-0.3, -0.25) is 4.79 Å². The third-order valence-electron chi connectivity index (χ3n) is 4.02. The molecule has 2 heteroatoms. The molecule has 2 nitrogen and oxygen atoms in total. The average Bonchev–Trinajstić information content (AvgIpc) is 2.82. The Morgan fingerprint density at radius 2 is 1.89 bits per heavy atom. The van der Waals surface area contributed by atoms with Gasteiger partial charge in [-0.25, -0.2) is 0 Å². The molecule has 0 saturated carbocycles. The molecule has 3 rings (SSSR count). The lowest BCUT2D eigenvalue weighted by atomic mass is 9.90. The molecule has 1 unspecified atom stereocenters. The van der Waals surface area contributed by atoms with Crippen molar-refractivity contribution in [1.82, 2.24) is 0 Å². The van der Waals surface area contributed by atoms with Gasteiger partial charge in [0.1, 0.15) is 12.0 Å². The van der Waals surface area contributed by atoms with E-state index in [1.165, 1.54) is 16.7 Å². The highest BCUT2D eigenvalue weighted by Crippen LogP contribution is 2.41. The van der Waals surface area contributed by atoms with Crippen LogP contribution in [-0.4, -0.2) is 11.4 Å². The Balaban J connectivity index is 2.20. The lowest BCUT2D eigenvalue weighted by molar-refractivity contribution is 0.112. The summed E-state index contributed by atoms with van der Waals surface area (Å²) in [6.07, 6.45) is 3.04. The van der Waals surface area contributed by atoms with Crippen molar-refractivity contribution >= 4 is 6.29 Å². The highest BCUT2D eigenvalue weighted by molar-refractivity contribution is 5.83. The van der Waals surface area contributed by atoms with Crippen LogP contribution in [-0.2, 0) is 6.42 Å². The Morgan fingerprint density at radius 3 is 2.58 bits per heavy atom. The van der Waals surface area contributed by atoms with E-state index in [-0.39, 0.29) is 5.75 Å². The van der Waals surface area contributed by atoms with Gasteiger partial charge in [0.05, 0.1) is 0 Å². The van der Waals surface area contributed by atoms with Crippen molar-refractivity contribution in [3.8, 4) is 16.9 Å². The van der Waals surface area contributed by atoms with Crippen LogP contribution >= 0.6 is 0 Å². The number of carbonyl (C=O) groups excluding carboxylic acids is 1. The van der Waals surface area contributed by atoms with E-state index in [9.17, 15) is 9.90 Å². The van der Waals surface area contributed by atoms with Crippen LogP contribution in [0.3, 0.4) is 0 Å². The zero-order valence-electron chi connectivity index (χ0n) is 10.9. The predicted molar refractivity (Wildman–Crippen MR) is 75.7 cm³/mol. The summed E-state index contributed by atoms with van der Waals surface area (Å²) in [7, 11) is 0. The summed E-state index contributed by atoms with van der Waals surface area (Å²) in [5, 5.41) is 9.38. The maximum atomic E-state index is 11.1. The van der Waals surface area contributed by atoms with Gasteiger partial charge in [-0.1, -0.05) is 31.2 Å². The Labute approximate surface area is 112 Å². The van der Waals surface area contributed by atoms with Crippen molar-refractivity contribution in [2.24, 2.45) is 0 Å². The fourth-order valence-electron chi connectivity index (χ4n) is 3.03. The van der Waals surface area contributed by atoms with E-state index >= 15 is 0 Å². The molecule has 0 bridgehead atoms. The number of aromatic hydroxyl groups is 1. The van der Waals surface area contributed by atoms with Gasteiger partial charge in [-0.2, -0.15) is 0 Å². The first-order valence-corrected chi connectivity index (χ1v) is 6.61. The summed E-state index contributed by atoms with van der Waals surface area (Å²) in [5.74, 6) is 0.761. The molecule has 0 aliphatic heterocycles. The minimum atomic E-state index is 0.276. The van der Waals surface area contributed by atoms with Crippen LogP contribution in [0.2, 0.25) is 0 Å². The molecule has 1 atom stereocenters. The van der Waals surface area contributed by atoms with E-state index in [4.69, 9.17) is 0 Å². The molecule has 2 aromatic carbocycles. The van der Waals surface area contributed by atoms with E-state index in [0.717, 1.165) is 30.3 Å². The van der Waals surface area contributed by atoms with Crippen molar-refractivity contribution < 1.29 is 9.90 Å². The summed E-state index contributed by atoms with van der Waals surface area (Å²) in [4.78, 5) is 11.1. The van der Waals surface area contributed by atoms with Crippen LogP contribution in [0.25, 0.3) is 11.1 Å². The second-order valence-electron chi connectivity index (χ2n) is 5.20. The number of fused-ring (bicyclic) bond motifs is 1. The van der Waals surface area contributed by atoms with Gasteiger partial charge in [0.15, 0.2) is 0 Å². The lowest BCUT2D eigenvalue weighted by Crippen LogP contribution is -1.96. The second-order valence-corrected chi connectivity index (χ2v) is 5.20. The van der Waals surface area contributed by atoms with Crippen LogP contribution in [0.15, 0.2) is 36.4 Å². The molecular formula is C17H16O2. The van der Waals surface area contributed by atoms with E-state index < -0.39 is 0 Å². The zero-order chi connectivity index (χ0) is 13.4. The first-order valence-electron chi connectivity index (χ1n) is 6.61. The predicted octanol–water partition coefficient (Wildman–Crippen LogP) is 3.92. The highest BCUT2D eigenvalue weighted by atomic mass is 16.3. The maximum Gasteiger partial charge on any atom is 0.150 e. The first-order chi connectivity index (χ1) is 9.20.